The van der Waals surface area contributed by atoms with E-state index in [9.17, 15) is 0 Å². The first-order valence-electron chi connectivity index (χ1n) is 6.10. The molecule has 1 heterocycles. The molecule has 3 heteroatoms. The van der Waals surface area contributed by atoms with Crippen LogP contribution in [0.2, 0.25) is 0 Å². The monoisotopic (exact) mass is 248 g/mol. The van der Waals surface area contributed by atoms with Gasteiger partial charge in [0.15, 0.2) is 5.58 Å². The Bertz CT molecular complexity index is 748. The van der Waals surface area contributed by atoms with Crippen molar-refractivity contribution < 1.29 is 4.42 Å². The average Bonchev–Trinajstić information content (AvgIpc) is 2.85. The summed E-state index contributed by atoms with van der Waals surface area (Å²) < 4.78 is 5.73. The lowest BCUT2D eigenvalue weighted by Gasteiger charge is -2.02. The van der Waals surface area contributed by atoms with E-state index in [4.69, 9.17) is 9.68 Å². The lowest BCUT2D eigenvalue weighted by Crippen LogP contribution is -1.88. The molecular weight excluding hydrogens is 236 g/mol. The first-order chi connectivity index (χ1) is 9.28. The fourth-order valence-electron chi connectivity index (χ4n) is 2.11. The Kier molecular flexibility index (Phi) is 2.77. The van der Waals surface area contributed by atoms with Crippen LogP contribution >= 0.6 is 0 Å². The average molecular weight is 248 g/mol. The summed E-state index contributed by atoms with van der Waals surface area (Å²) in [5.41, 5.74) is 4.71. The molecule has 0 aliphatic rings. The van der Waals surface area contributed by atoms with Crippen LogP contribution < -0.4 is 0 Å². The Morgan fingerprint density at radius 3 is 2.79 bits per heavy atom. The lowest BCUT2D eigenvalue weighted by atomic mass is 10.0. The van der Waals surface area contributed by atoms with Crippen LogP contribution in [0.15, 0.2) is 46.9 Å². The number of nitriles is 1. The van der Waals surface area contributed by atoms with Crippen molar-refractivity contribution in [3.8, 4) is 17.5 Å². The molecule has 1 aromatic heterocycles. The second-order valence-electron chi connectivity index (χ2n) is 4.46. The Hall–Kier alpha value is -2.60. The molecule has 3 nitrogen and oxygen atoms in total. The van der Waals surface area contributed by atoms with Gasteiger partial charge in [-0.05, 0) is 42.3 Å². The first kappa shape index (κ1) is 11.5. The molecule has 0 aliphatic carbocycles. The van der Waals surface area contributed by atoms with E-state index in [1.807, 2.05) is 49.4 Å². The molecule has 0 saturated heterocycles. The van der Waals surface area contributed by atoms with Gasteiger partial charge in [0, 0.05) is 5.56 Å². The molecule has 92 valence electrons. The third-order valence-electron chi connectivity index (χ3n) is 3.15. The van der Waals surface area contributed by atoms with Crippen molar-refractivity contribution in [3.05, 3.63) is 53.6 Å². The molecule has 0 bridgehead atoms. The molecule has 0 fully saturated rings. The van der Waals surface area contributed by atoms with Gasteiger partial charge in [0.1, 0.15) is 5.52 Å². The molecule has 3 aromatic rings. The van der Waals surface area contributed by atoms with Crippen LogP contribution in [-0.2, 0) is 6.42 Å². The van der Waals surface area contributed by atoms with Gasteiger partial charge in [-0.25, -0.2) is 4.98 Å². The zero-order valence-corrected chi connectivity index (χ0v) is 10.6. The first-order valence-corrected chi connectivity index (χ1v) is 6.10. The standard InChI is InChI=1S/C16H12N2O/c1-11-10-13(7-6-12(11)8-9-17)16-18-14-4-2-3-5-15(14)19-16/h2-7,10H,8H2,1H3. The minimum Gasteiger partial charge on any atom is -0.436 e. The van der Waals surface area contributed by atoms with Crippen molar-refractivity contribution in [2.75, 3.05) is 0 Å². The van der Waals surface area contributed by atoms with E-state index >= 15 is 0 Å². The van der Waals surface area contributed by atoms with Crippen molar-refractivity contribution in [3.63, 3.8) is 0 Å². The zero-order valence-electron chi connectivity index (χ0n) is 10.6. The Morgan fingerprint density at radius 2 is 2.05 bits per heavy atom. The summed E-state index contributed by atoms with van der Waals surface area (Å²) in [4.78, 5) is 4.47. The highest BCUT2D eigenvalue weighted by atomic mass is 16.3. The lowest BCUT2D eigenvalue weighted by molar-refractivity contribution is 0.620. The predicted molar refractivity (Wildman–Crippen MR) is 73.5 cm³/mol. The normalized spacial score (nSPS) is 10.5. The smallest absolute Gasteiger partial charge is 0.227 e. The van der Waals surface area contributed by atoms with Gasteiger partial charge in [-0.15, -0.1) is 0 Å². The van der Waals surface area contributed by atoms with E-state index in [0.717, 1.165) is 27.8 Å². The van der Waals surface area contributed by atoms with Crippen molar-refractivity contribution in [1.29, 1.82) is 5.26 Å². The van der Waals surface area contributed by atoms with Crippen molar-refractivity contribution in [2.24, 2.45) is 0 Å². The van der Waals surface area contributed by atoms with Gasteiger partial charge in [0.05, 0.1) is 12.5 Å². The number of aryl methyl sites for hydroxylation is 1. The Labute approximate surface area is 111 Å². The summed E-state index contributed by atoms with van der Waals surface area (Å²) in [7, 11) is 0. The Balaban J connectivity index is 2.06. The van der Waals surface area contributed by atoms with Crippen molar-refractivity contribution >= 4 is 11.1 Å². The fourth-order valence-corrected chi connectivity index (χ4v) is 2.11. The highest BCUT2D eigenvalue weighted by Crippen LogP contribution is 2.25. The van der Waals surface area contributed by atoms with E-state index in [1.54, 1.807) is 0 Å². The third-order valence-corrected chi connectivity index (χ3v) is 3.15. The van der Waals surface area contributed by atoms with Crippen molar-refractivity contribution in [2.45, 2.75) is 13.3 Å². The number of rotatable bonds is 2. The van der Waals surface area contributed by atoms with Gasteiger partial charge >= 0.3 is 0 Å². The van der Waals surface area contributed by atoms with Crippen LogP contribution in [-0.4, -0.2) is 4.98 Å². The molecule has 0 spiro atoms. The highest BCUT2D eigenvalue weighted by molar-refractivity contribution is 5.76. The fraction of sp³-hybridized carbons (Fsp3) is 0.125. The molecule has 3 rings (SSSR count). The topological polar surface area (TPSA) is 49.8 Å². The molecule has 2 aromatic carbocycles. The second kappa shape index (κ2) is 4.58. The minimum atomic E-state index is 0.430. The largest absolute Gasteiger partial charge is 0.436 e. The minimum absolute atomic E-state index is 0.430. The van der Waals surface area contributed by atoms with E-state index in [0.29, 0.717) is 12.3 Å². The van der Waals surface area contributed by atoms with Gasteiger partial charge < -0.3 is 4.42 Å². The summed E-state index contributed by atoms with van der Waals surface area (Å²) in [5.74, 6) is 0.618. The number of oxazole rings is 1. The van der Waals surface area contributed by atoms with Crippen LogP contribution in [0.25, 0.3) is 22.6 Å². The van der Waals surface area contributed by atoms with Gasteiger partial charge in [0.25, 0.3) is 0 Å². The molecule has 0 unspecified atom stereocenters. The molecule has 19 heavy (non-hydrogen) atoms. The number of nitrogens with zero attached hydrogens (tertiary/aromatic N) is 2. The molecular formula is C16H12N2O. The summed E-state index contributed by atoms with van der Waals surface area (Å²) in [6.07, 6.45) is 0.430. The molecule has 0 aliphatic heterocycles. The maximum atomic E-state index is 8.74. The number of hydrogen-bond acceptors (Lipinski definition) is 3. The van der Waals surface area contributed by atoms with Gasteiger partial charge in [-0.1, -0.05) is 18.2 Å². The summed E-state index contributed by atoms with van der Waals surface area (Å²) in [6.45, 7) is 2.00. The maximum absolute atomic E-state index is 8.74. The zero-order chi connectivity index (χ0) is 13.2. The molecule has 0 radical (unpaired) electrons. The van der Waals surface area contributed by atoms with Crippen LogP contribution in [0.4, 0.5) is 0 Å². The SMILES string of the molecule is Cc1cc(-c2nc3ccccc3o2)ccc1CC#N. The number of benzene rings is 2. The van der Waals surface area contributed by atoms with Gasteiger partial charge in [-0.3, -0.25) is 0 Å². The quantitative estimate of drug-likeness (QED) is 0.691. The van der Waals surface area contributed by atoms with Crippen LogP contribution in [0.3, 0.4) is 0 Å². The molecule has 0 atom stereocenters. The van der Waals surface area contributed by atoms with E-state index in [2.05, 4.69) is 11.1 Å². The van der Waals surface area contributed by atoms with E-state index in [1.165, 1.54) is 0 Å². The Morgan fingerprint density at radius 1 is 1.21 bits per heavy atom. The maximum Gasteiger partial charge on any atom is 0.227 e. The van der Waals surface area contributed by atoms with Gasteiger partial charge in [-0.2, -0.15) is 5.26 Å². The number of aromatic nitrogens is 1. The van der Waals surface area contributed by atoms with E-state index < -0.39 is 0 Å². The molecule has 0 amide bonds. The predicted octanol–water partition coefficient (Wildman–Crippen LogP) is 3.87. The summed E-state index contributed by atoms with van der Waals surface area (Å²) >= 11 is 0. The number of hydrogen-bond donors (Lipinski definition) is 0. The highest BCUT2D eigenvalue weighted by Gasteiger charge is 2.09. The van der Waals surface area contributed by atoms with Crippen molar-refractivity contribution in [1.82, 2.24) is 4.98 Å². The molecule has 0 N–H and O–H groups in total. The molecule has 0 saturated carbocycles. The van der Waals surface area contributed by atoms with E-state index in [-0.39, 0.29) is 0 Å². The second-order valence-corrected chi connectivity index (χ2v) is 4.46. The summed E-state index contributed by atoms with van der Waals surface area (Å²) in [5, 5.41) is 8.74. The third kappa shape index (κ3) is 2.09. The summed E-state index contributed by atoms with van der Waals surface area (Å²) in [6, 6.07) is 15.8. The van der Waals surface area contributed by atoms with Crippen LogP contribution in [0.5, 0.6) is 0 Å². The van der Waals surface area contributed by atoms with Crippen LogP contribution in [0, 0.1) is 18.3 Å². The van der Waals surface area contributed by atoms with Gasteiger partial charge in [0.2, 0.25) is 5.89 Å². The number of fused-ring (bicyclic) bond motifs is 1. The van der Waals surface area contributed by atoms with Crippen LogP contribution in [0.1, 0.15) is 11.1 Å². The number of para-hydroxylation sites is 2.